The molecule has 0 bridgehead atoms. The lowest BCUT2D eigenvalue weighted by molar-refractivity contribution is 0.198. The van der Waals surface area contributed by atoms with Crippen molar-refractivity contribution in [2.75, 3.05) is 11.9 Å². The molecular formula is C24H20FN3O. The van der Waals surface area contributed by atoms with Crippen LogP contribution in [0.25, 0.3) is 22.0 Å². The van der Waals surface area contributed by atoms with Gasteiger partial charge in [-0.1, -0.05) is 48.5 Å². The minimum absolute atomic E-state index is 0.129. The van der Waals surface area contributed by atoms with E-state index in [9.17, 15) is 9.18 Å². The fourth-order valence-electron chi connectivity index (χ4n) is 4.02. The van der Waals surface area contributed by atoms with E-state index in [2.05, 4.69) is 9.88 Å². The first-order valence-electron chi connectivity index (χ1n) is 9.67. The number of nitrogens with zero attached hydrogens (tertiary/aromatic N) is 2. The van der Waals surface area contributed by atoms with Gasteiger partial charge in [0.25, 0.3) is 0 Å². The van der Waals surface area contributed by atoms with Crippen LogP contribution in [0.4, 0.5) is 14.9 Å². The van der Waals surface area contributed by atoms with Crippen LogP contribution >= 0.6 is 0 Å². The third kappa shape index (κ3) is 3.25. The first-order valence-corrected chi connectivity index (χ1v) is 9.67. The van der Waals surface area contributed by atoms with Crippen LogP contribution in [0, 0.1) is 5.82 Å². The molecule has 4 nitrogen and oxygen atoms in total. The molecule has 0 unspecified atom stereocenters. The Morgan fingerprint density at radius 2 is 1.69 bits per heavy atom. The number of hydrogen-bond donors (Lipinski definition) is 1. The highest BCUT2D eigenvalue weighted by molar-refractivity contribution is 5.94. The van der Waals surface area contributed by atoms with Gasteiger partial charge in [0.2, 0.25) is 0 Å². The number of benzene rings is 3. The Balaban J connectivity index is 1.39. The average molecular weight is 385 g/mol. The van der Waals surface area contributed by atoms with Crippen LogP contribution in [-0.2, 0) is 13.1 Å². The van der Waals surface area contributed by atoms with Gasteiger partial charge < -0.3 is 14.8 Å². The normalized spacial score (nSPS) is 13.3. The number of fused-ring (bicyclic) bond motifs is 3. The van der Waals surface area contributed by atoms with Crippen LogP contribution in [0.2, 0.25) is 0 Å². The molecule has 0 aliphatic carbocycles. The molecule has 1 N–H and O–H groups in total. The number of amides is 2. The minimum Gasteiger partial charge on any atom is -0.341 e. The number of halogens is 1. The number of nitrogens with one attached hydrogen (secondary N) is 1. The Labute approximate surface area is 168 Å². The molecular weight excluding hydrogens is 365 g/mol. The summed E-state index contributed by atoms with van der Waals surface area (Å²) in [5.74, 6) is -0.243. The SMILES string of the molecule is O=C(Nc1ccccc1-c1ccccc1)N1CCn2c(cc3cc(F)ccc32)C1. The topological polar surface area (TPSA) is 37.3 Å². The molecule has 1 aromatic heterocycles. The molecule has 0 radical (unpaired) electrons. The largest absolute Gasteiger partial charge is 0.341 e. The first kappa shape index (κ1) is 17.5. The van der Waals surface area contributed by atoms with Gasteiger partial charge in [-0.3, -0.25) is 0 Å². The quantitative estimate of drug-likeness (QED) is 0.486. The maximum absolute atomic E-state index is 13.5. The van der Waals surface area contributed by atoms with Gasteiger partial charge in [0.05, 0.1) is 12.2 Å². The lowest BCUT2D eigenvalue weighted by Gasteiger charge is -2.29. The summed E-state index contributed by atoms with van der Waals surface area (Å²) >= 11 is 0. The van der Waals surface area contributed by atoms with Crippen LogP contribution in [0.5, 0.6) is 0 Å². The summed E-state index contributed by atoms with van der Waals surface area (Å²) in [4.78, 5) is 14.8. The van der Waals surface area contributed by atoms with Crippen molar-refractivity contribution >= 4 is 22.6 Å². The summed E-state index contributed by atoms with van der Waals surface area (Å²) < 4.78 is 15.7. The third-order valence-electron chi connectivity index (χ3n) is 5.44. The molecule has 0 spiro atoms. The van der Waals surface area contributed by atoms with E-state index in [4.69, 9.17) is 0 Å². The number of aromatic nitrogens is 1. The number of para-hydroxylation sites is 1. The molecule has 0 saturated heterocycles. The molecule has 2 heterocycles. The second-order valence-electron chi connectivity index (χ2n) is 7.25. The van der Waals surface area contributed by atoms with Crippen LogP contribution in [-0.4, -0.2) is 22.0 Å². The molecule has 1 aliphatic rings. The fraction of sp³-hybridized carbons (Fsp3) is 0.125. The summed E-state index contributed by atoms with van der Waals surface area (Å²) in [5.41, 5.74) is 4.86. The number of carbonyl (C=O) groups is 1. The van der Waals surface area contributed by atoms with Crippen molar-refractivity contribution in [3.63, 3.8) is 0 Å². The van der Waals surface area contributed by atoms with Crippen LogP contribution < -0.4 is 5.32 Å². The molecule has 3 aromatic carbocycles. The smallest absolute Gasteiger partial charge is 0.322 e. The maximum atomic E-state index is 13.5. The zero-order chi connectivity index (χ0) is 19.8. The molecule has 5 heteroatoms. The van der Waals surface area contributed by atoms with E-state index < -0.39 is 0 Å². The summed E-state index contributed by atoms with van der Waals surface area (Å²) in [5, 5.41) is 3.94. The van der Waals surface area contributed by atoms with Crippen molar-refractivity contribution < 1.29 is 9.18 Å². The van der Waals surface area contributed by atoms with Crippen LogP contribution in [0.1, 0.15) is 5.69 Å². The zero-order valence-corrected chi connectivity index (χ0v) is 15.8. The van der Waals surface area contributed by atoms with Gasteiger partial charge in [0.1, 0.15) is 5.82 Å². The summed E-state index contributed by atoms with van der Waals surface area (Å²) in [6.07, 6.45) is 0. The van der Waals surface area contributed by atoms with Crippen molar-refractivity contribution in [2.24, 2.45) is 0 Å². The molecule has 144 valence electrons. The van der Waals surface area contributed by atoms with Gasteiger partial charge in [-0.2, -0.15) is 0 Å². The molecule has 0 saturated carbocycles. The van der Waals surface area contributed by atoms with Gasteiger partial charge in [0, 0.05) is 35.2 Å². The maximum Gasteiger partial charge on any atom is 0.322 e. The molecule has 1 aliphatic heterocycles. The third-order valence-corrected chi connectivity index (χ3v) is 5.44. The minimum atomic E-state index is -0.243. The number of carbonyl (C=O) groups excluding carboxylic acids is 1. The highest BCUT2D eigenvalue weighted by atomic mass is 19.1. The van der Waals surface area contributed by atoms with Gasteiger partial charge >= 0.3 is 6.03 Å². The lowest BCUT2D eigenvalue weighted by Crippen LogP contribution is -2.40. The van der Waals surface area contributed by atoms with E-state index in [1.54, 1.807) is 17.0 Å². The number of anilines is 1. The molecule has 29 heavy (non-hydrogen) atoms. The predicted molar refractivity (Wildman–Crippen MR) is 113 cm³/mol. The van der Waals surface area contributed by atoms with Crippen molar-refractivity contribution in [3.05, 3.63) is 90.4 Å². The second-order valence-corrected chi connectivity index (χ2v) is 7.25. The van der Waals surface area contributed by atoms with E-state index in [1.165, 1.54) is 6.07 Å². The Kier molecular flexibility index (Phi) is 4.28. The van der Waals surface area contributed by atoms with E-state index in [0.29, 0.717) is 19.6 Å². The predicted octanol–water partition coefficient (Wildman–Crippen LogP) is 5.50. The Bertz CT molecular complexity index is 1200. The second kappa shape index (κ2) is 7.09. The molecule has 5 rings (SSSR count). The molecule has 0 fully saturated rings. The van der Waals surface area contributed by atoms with Crippen molar-refractivity contribution in [3.8, 4) is 11.1 Å². The van der Waals surface area contributed by atoms with Crippen LogP contribution in [0.3, 0.4) is 0 Å². The van der Waals surface area contributed by atoms with E-state index in [0.717, 1.165) is 33.4 Å². The van der Waals surface area contributed by atoms with Crippen molar-refractivity contribution in [1.29, 1.82) is 0 Å². The summed E-state index contributed by atoms with van der Waals surface area (Å²) in [6, 6.07) is 24.5. The van der Waals surface area contributed by atoms with Crippen LogP contribution in [0.15, 0.2) is 78.9 Å². The summed E-state index contributed by atoms with van der Waals surface area (Å²) in [7, 11) is 0. The van der Waals surface area contributed by atoms with Crippen molar-refractivity contribution in [1.82, 2.24) is 9.47 Å². The van der Waals surface area contributed by atoms with E-state index in [1.807, 2.05) is 60.7 Å². The van der Waals surface area contributed by atoms with Gasteiger partial charge in [0.15, 0.2) is 0 Å². The standard InChI is InChI=1S/C24H20FN3O/c25-19-10-11-23-18(14-19)15-20-16-27(12-13-28(20)23)24(29)26-22-9-5-4-8-21(22)17-6-2-1-3-7-17/h1-11,14-15H,12-13,16H2,(H,26,29). The van der Waals surface area contributed by atoms with E-state index >= 15 is 0 Å². The Hall–Kier alpha value is -3.60. The van der Waals surface area contributed by atoms with Gasteiger partial charge in [-0.25, -0.2) is 9.18 Å². The first-order chi connectivity index (χ1) is 14.2. The lowest BCUT2D eigenvalue weighted by atomic mass is 10.0. The number of hydrogen-bond acceptors (Lipinski definition) is 1. The monoisotopic (exact) mass is 385 g/mol. The number of rotatable bonds is 2. The van der Waals surface area contributed by atoms with Gasteiger partial charge in [-0.15, -0.1) is 0 Å². The highest BCUT2D eigenvalue weighted by Crippen LogP contribution is 2.29. The average Bonchev–Trinajstić information content (AvgIpc) is 3.11. The molecule has 2 amide bonds. The highest BCUT2D eigenvalue weighted by Gasteiger charge is 2.23. The van der Waals surface area contributed by atoms with E-state index in [-0.39, 0.29) is 11.8 Å². The fourth-order valence-corrected chi connectivity index (χ4v) is 4.02. The Morgan fingerprint density at radius 3 is 2.55 bits per heavy atom. The molecule has 0 atom stereocenters. The Morgan fingerprint density at radius 1 is 0.897 bits per heavy atom. The van der Waals surface area contributed by atoms with Gasteiger partial charge in [-0.05, 0) is 35.9 Å². The molecule has 4 aromatic rings. The number of urea groups is 1. The summed E-state index contributed by atoms with van der Waals surface area (Å²) in [6.45, 7) is 1.79. The van der Waals surface area contributed by atoms with Crippen molar-refractivity contribution in [2.45, 2.75) is 13.1 Å². The zero-order valence-electron chi connectivity index (χ0n) is 15.8.